The minimum Gasteiger partial charge on any atom is -0.339 e. The molecular formula is C18H24N4OS. The standard InChI is InChI=1S/C18H24N4OS/c1-5-21(15-8-9-15)17(23)11-24-18-20-19-14(4)22(18)16-10-12(2)6-7-13(16)3/h6-7,10,15H,5,8-9,11H2,1-4H3. The Morgan fingerprint density at radius 3 is 2.71 bits per heavy atom. The number of aromatic nitrogens is 3. The van der Waals surface area contributed by atoms with Crippen molar-refractivity contribution in [1.29, 1.82) is 0 Å². The van der Waals surface area contributed by atoms with Gasteiger partial charge in [0.25, 0.3) is 0 Å². The van der Waals surface area contributed by atoms with Gasteiger partial charge in [-0.2, -0.15) is 0 Å². The van der Waals surface area contributed by atoms with E-state index in [1.165, 1.54) is 22.9 Å². The maximum atomic E-state index is 12.5. The molecule has 0 radical (unpaired) electrons. The fourth-order valence-corrected chi connectivity index (χ4v) is 3.78. The summed E-state index contributed by atoms with van der Waals surface area (Å²) >= 11 is 1.47. The Labute approximate surface area is 147 Å². The molecule has 0 saturated heterocycles. The molecule has 0 aliphatic heterocycles. The second kappa shape index (κ2) is 6.97. The number of hydrogen-bond acceptors (Lipinski definition) is 4. The highest BCUT2D eigenvalue weighted by molar-refractivity contribution is 7.99. The molecule has 3 rings (SSSR count). The zero-order valence-electron chi connectivity index (χ0n) is 14.7. The fraction of sp³-hybridized carbons (Fsp3) is 0.500. The lowest BCUT2D eigenvalue weighted by Gasteiger charge is -2.20. The van der Waals surface area contributed by atoms with Gasteiger partial charge in [-0.05, 0) is 57.7 Å². The Balaban J connectivity index is 1.80. The number of amides is 1. The predicted octanol–water partition coefficient (Wildman–Crippen LogP) is 3.30. The van der Waals surface area contributed by atoms with Crippen LogP contribution >= 0.6 is 11.8 Å². The first-order chi connectivity index (χ1) is 11.5. The molecule has 1 heterocycles. The molecule has 6 heteroatoms. The van der Waals surface area contributed by atoms with Gasteiger partial charge in [-0.25, -0.2) is 0 Å². The van der Waals surface area contributed by atoms with Gasteiger partial charge in [-0.15, -0.1) is 10.2 Å². The molecule has 5 nitrogen and oxygen atoms in total. The van der Waals surface area contributed by atoms with Gasteiger partial charge in [-0.3, -0.25) is 9.36 Å². The third-order valence-electron chi connectivity index (χ3n) is 4.37. The molecule has 1 amide bonds. The zero-order valence-corrected chi connectivity index (χ0v) is 15.6. The number of benzene rings is 1. The average Bonchev–Trinajstić information content (AvgIpc) is 3.32. The number of aryl methyl sites for hydroxylation is 3. The maximum Gasteiger partial charge on any atom is 0.233 e. The second-order valence-electron chi connectivity index (χ2n) is 6.35. The molecule has 0 unspecified atom stereocenters. The summed E-state index contributed by atoms with van der Waals surface area (Å²) in [5.41, 5.74) is 3.45. The van der Waals surface area contributed by atoms with Crippen molar-refractivity contribution in [2.75, 3.05) is 12.3 Å². The average molecular weight is 344 g/mol. The minimum absolute atomic E-state index is 0.193. The van der Waals surface area contributed by atoms with Gasteiger partial charge in [0.05, 0.1) is 11.4 Å². The zero-order chi connectivity index (χ0) is 17.3. The predicted molar refractivity (Wildman–Crippen MR) is 96.7 cm³/mol. The molecule has 1 aromatic heterocycles. The van der Waals surface area contributed by atoms with Crippen LogP contribution in [0.2, 0.25) is 0 Å². The van der Waals surface area contributed by atoms with E-state index in [4.69, 9.17) is 0 Å². The Morgan fingerprint density at radius 2 is 2.04 bits per heavy atom. The summed E-state index contributed by atoms with van der Waals surface area (Å²) in [6.07, 6.45) is 2.28. The summed E-state index contributed by atoms with van der Waals surface area (Å²) in [5.74, 6) is 1.44. The monoisotopic (exact) mass is 344 g/mol. The first-order valence-electron chi connectivity index (χ1n) is 8.43. The first kappa shape index (κ1) is 17.0. The van der Waals surface area contributed by atoms with E-state index in [-0.39, 0.29) is 5.91 Å². The molecule has 0 bridgehead atoms. The highest BCUT2D eigenvalue weighted by Crippen LogP contribution is 2.29. The number of carbonyl (C=O) groups excluding carboxylic acids is 1. The number of rotatable bonds is 6. The van der Waals surface area contributed by atoms with Gasteiger partial charge in [0, 0.05) is 12.6 Å². The third-order valence-corrected chi connectivity index (χ3v) is 5.29. The minimum atomic E-state index is 0.193. The Morgan fingerprint density at radius 1 is 1.29 bits per heavy atom. The number of carbonyl (C=O) groups is 1. The van der Waals surface area contributed by atoms with Gasteiger partial charge in [0.1, 0.15) is 5.82 Å². The maximum absolute atomic E-state index is 12.5. The van der Waals surface area contributed by atoms with E-state index in [0.29, 0.717) is 11.8 Å². The van der Waals surface area contributed by atoms with Crippen molar-refractivity contribution in [2.24, 2.45) is 0 Å². The van der Waals surface area contributed by atoms with Crippen LogP contribution in [0.15, 0.2) is 23.4 Å². The Bertz CT molecular complexity index is 751. The van der Waals surface area contributed by atoms with Crippen molar-refractivity contribution < 1.29 is 4.79 Å². The van der Waals surface area contributed by atoms with Gasteiger partial charge in [-0.1, -0.05) is 23.9 Å². The first-order valence-corrected chi connectivity index (χ1v) is 9.41. The van der Waals surface area contributed by atoms with E-state index in [2.05, 4.69) is 42.2 Å². The van der Waals surface area contributed by atoms with E-state index in [1.807, 2.05) is 23.3 Å². The smallest absolute Gasteiger partial charge is 0.233 e. The van der Waals surface area contributed by atoms with Crippen LogP contribution in [0.5, 0.6) is 0 Å². The van der Waals surface area contributed by atoms with Crippen LogP contribution < -0.4 is 0 Å². The highest BCUT2D eigenvalue weighted by atomic mass is 32.2. The topological polar surface area (TPSA) is 51.0 Å². The SMILES string of the molecule is CCN(C(=O)CSc1nnc(C)n1-c1cc(C)ccc1C)C1CC1. The van der Waals surface area contributed by atoms with E-state index >= 15 is 0 Å². The number of thioether (sulfide) groups is 1. The quantitative estimate of drug-likeness (QED) is 0.755. The van der Waals surface area contributed by atoms with E-state index in [1.54, 1.807) is 0 Å². The Hall–Kier alpha value is -1.82. The fourth-order valence-electron chi connectivity index (χ4n) is 2.91. The van der Waals surface area contributed by atoms with Gasteiger partial charge < -0.3 is 4.90 Å². The summed E-state index contributed by atoms with van der Waals surface area (Å²) in [4.78, 5) is 14.4. The van der Waals surface area contributed by atoms with Crippen molar-refractivity contribution in [2.45, 2.75) is 51.7 Å². The van der Waals surface area contributed by atoms with E-state index in [0.717, 1.165) is 36.1 Å². The molecule has 1 aliphatic carbocycles. The van der Waals surface area contributed by atoms with Crippen LogP contribution in [0.4, 0.5) is 0 Å². The summed E-state index contributed by atoms with van der Waals surface area (Å²) in [7, 11) is 0. The van der Waals surface area contributed by atoms with Crippen LogP contribution in [0, 0.1) is 20.8 Å². The molecule has 1 aliphatic rings. The molecular weight excluding hydrogens is 320 g/mol. The highest BCUT2D eigenvalue weighted by Gasteiger charge is 2.31. The molecule has 1 saturated carbocycles. The molecule has 1 fully saturated rings. The molecule has 24 heavy (non-hydrogen) atoms. The van der Waals surface area contributed by atoms with Crippen molar-refractivity contribution in [3.63, 3.8) is 0 Å². The summed E-state index contributed by atoms with van der Waals surface area (Å²) in [6.45, 7) is 8.94. The van der Waals surface area contributed by atoms with E-state index < -0.39 is 0 Å². The van der Waals surface area contributed by atoms with Crippen LogP contribution in [0.1, 0.15) is 36.7 Å². The number of nitrogens with zero attached hydrogens (tertiary/aromatic N) is 4. The molecule has 0 N–H and O–H groups in total. The molecule has 0 atom stereocenters. The largest absolute Gasteiger partial charge is 0.339 e. The summed E-state index contributed by atoms with van der Waals surface area (Å²) in [6, 6.07) is 6.81. The van der Waals surface area contributed by atoms with Crippen molar-refractivity contribution in [1.82, 2.24) is 19.7 Å². The molecule has 128 valence electrons. The van der Waals surface area contributed by atoms with Crippen LogP contribution in [0.3, 0.4) is 0 Å². The van der Waals surface area contributed by atoms with Crippen molar-refractivity contribution in [3.8, 4) is 5.69 Å². The van der Waals surface area contributed by atoms with E-state index in [9.17, 15) is 4.79 Å². The number of hydrogen-bond donors (Lipinski definition) is 0. The molecule has 1 aromatic carbocycles. The van der Waals surface area contributed by atoms with Crippen LogP contribution in [-0.2, 0) is 4.79 Å². The molecule has 0 spiro atoms. The summed E-state index contributed by atoms with van der Waals surface area (Å²) in [5, 5.41) is 9.29. The molecule has 2 aromatic rings. The summed E-state index contributed by atoms with van der Waals surface area (Å²) < 4.78 is 2.05. The normalized spacial score (nSPS) is 14.0. The van der Waals surface area contributed by atoms with Crippen LogP contribution in [0.25, 0.3) is 5.69 Å². The van der Waals surface area contributed by atoms with Gasteiger partial charge >= 0.3 is 0 Å². The van der Waals surface area contributed by atoms with Gasteiger partial charge in [0.2, 0.25) is 5.91 Å². The van der Waals surface area contributed by atoms with Gasteiger partial charge in [0.15, 0.2) is 5.16 Å². The lowest BCUT2D eigenvalue weighted by atomic mass is 10.1. The van der Waals surface area contributed by atoms with Crippen LogP contribution in [-0.4, -0.2) is 43.9 Å². The Kier molecular flexibility index (Phi) is 4.94. The van der Waals surface area contributed by atoms with Crippen molar-refractivity contribution >= 4 is 17.7 Å². The third kappa shape index (κ3) is 3.48. The van der Waals surface area contributed by atoms with Crippen molar-refractivity contribution in [3.05, 3.63) is 35.2 Å². The lowest BCUT2D eigenvalue weighted by Crippen LogP contribution is -2.34. The second-order valence-corrected chi connectivity index (χ2v) is 7.30. The lowest BCUT2D eigenvalue weighted by molar-refractivity contribution is -0.128.